The van der Waals surface area contributed by atoms with Crippen LogP contribution < -0.4 is 4.74 Å². The summed E-state index contributed by atoms with van der Waals surface area (Å²) in [6.45, 7) is 10.6. The monoisotopic (exact) mass is 357 g/mol. The standard InChI is InChI=1S/C18H27NO4.ClH/c1-14(2)16-5-4-15(3)12-17(16)23-13-18(20)22-11-8-19-6-9-21-10-7-19;/h4-5,12,14H,6-11,13H2,1-3H3;1H. The largest absolute Gasteiger partial charge is 0.482 e. The molecule has 0 radical (unpaired) electrons. The number of hydrogen-bond acceptors (Lipinski definition) is 5. The first kappa shape index (κ1) is 20.7. The number of benzene rings is 1. The average molecular weight is 358 g/mol. The van der Waals surface area contributed by atoms with Crippen LogP contribution in [-0.4, -0.2) is 56.9 Å². The normalized spacial score (nSPS) is 15.0. The molecular weight excluding hydrogens is 330 g/mol. The lowest BCUT2D eigenvalue weighted by Gasteiger charge is -2.26. The highest BCUT2D eigenvalue weighted by Gasteiger charge is 2.13. The molecule has 1 heterocycles. The Morgan fingerprint density at radius 2 is 2.00 bits per heavy atom. The summed E-state index contributed by atoms with van der Waals surface area (Å²) in [5.74, 6) is 0.794. The molecule has 24 heavy (non-hydrogen) atoms. The molecule has 136 valence electrons. The van der Waals surface area contributed by atoms with Crippen LogP contribution in [0.25, 0.3) is 0 Å². The van der Waals surface area contributed by atoms with Gasteiger partial charge in [-0.25, -0.2) is 4.79 Å². The van der Waals surface area contributed by atoms with E-state index >= 15 is 0 Å². The van der Waals surface area contributed by atoms with Crippen molar-refractivity contribution in [3.63, 3.8) is 0 Å². The first-order chi connectivity index (χ1) is 11.1. The predicted octanol–water partition coefficient (Wildman–Crippen LogP) is 2.79. The number of carbonyl (C=O) groups is 1. The molecule has 0 unspecified atom stereocenters. The van der Waals surface area contributed by atoms with Crippen molar-refractivity contribution in [3.8, 4) is 5.75 Å². The van der Waals surface area contributed by atoms with Gasteiger partial charge in [-0.1, -0.05) is 26.0 Å². The fraction of sp³-hybridized carbons (Fsp3) is 0.611. The Morgan fingerprint density at radius 1 is 1.29 bits per heavy atom. The van der Waals surface area contributed by atoms with E-state index in [1.54, 1.807) is 0 Å². The molecule has 6 heteroatoms. The molecule has 1 aliphatic heterocycles. The lowest BCUT2D eigenvalue weighted by molar-refractivity contribution is -0.146. The zero-order valence-electron chi connectivity index (χ0n) is 14.7. The molecule has 1 aromatic rings. The molecule has 0 saturated carbocycles. The third kappa shape index (κ3) is 6.67. The van der Waals surface area contributed by atoms with Crippen molar-refractivity contribution in [1.82, 2.24) is 4.90 Å². The van der Waals surface area contributed by atoms with Gasteiger partial charge < -0.3 is 14.2 Å². The third-order valence-corrected chi connectivity index (χ3v) is 3.91. The highest BCUT2D eigenvalue weighted by molar-refractivity contribution is 5.85. The Morgan fingerprint density at radius 3 is 2.67 bits per heavy atom. The van der Waals surface area contributed by atoms with E-state index in [1.807, 2.05) is 13.0 Å². The number of morpholine rings is 1. The van der Waals surface area contributed by atoms with Crippen molar-refractivity contribution < 1.29 is 19.0 Å². The van der Waals surface area contributed by atoms with Crippen LogP contribution in [0.2, 0.25) is 0 Å². The van der Waals surface area contributed by atoms with E-state index in [4.69, 9.17) is 14.2 Å². The molecule has 1 aliphatic rings. The number of rotatable bonds is 7. The minimum Gasteiger partial charge on any atom is -0.482 e. The lowest BCUT2D eigenvalue weighted by Crippen LogP contribution is -2.38. The first-order valence-electron chi connectivity index (χ1n) is 8.25. The molecule has 0 bridgehead atoms. The van der Waals surface area contributed by atoms with Crippen molar-refractivity contribution in [2.24, 2.45) is 0 Å². The number of ether oxygens (including phenoxy) is 3. The zero-order valence-corrected chi connectivity index (χ0v) is 15.6. The summed E-state index contributed by atoms with van der Waals surface area (Å²) >= 11 is 0. The fourth-order valence-corrected chi connectivity index (χ4v) is 2.54. The Kier molecular flexibility index (Phi) is 9.11. The summed E-state index contributed by atoms with van der Waals surface area (Å²) in [4.78, 5) is 14.1. The van der Waals surface area contributed by atoms with Gasteiger partial charge in [0, 0.05) is 19.6 Å². The maximum absolute atomic E-state index is 11.8. The van der Waals surface area contributed by atoms with E-state index in [2.05, 4.69) is 30.9 Å². The van der Waals surface area contributed by atoms with Gasteiger partial charge in [-0.05, 0) is 30.0 Å². The topological polar surface area (TPSA) is 48.0 Å². The van der Waals surface area contributed by atoms with Gasteiger partial charge in [0.05, 0.1) is 13.2 Å². The first-order valence-corrected chi connectivity index (χ1v) is 8.25. The highest BCUT2D eigenvalue weighted by atomic mass is 35.5. The molecule has 0 N–H and O–H groups in total. The Labute approximate surface area is 150 Å². The maximum atomic E-state index is 11.8. The number of hydrogen-bond donors (Lipinski definition) is 0. The maximum Gasteiger partial charge on any atom is 0.344 e. The number of aryl methyl sites for hydroxylation is 1. The number of nitrogens with zero attached hydrogens (tertiary/aromatic N) is 1. The fourth-order valence-electron chi connectivity index (χ4n) is 2.54. The molecule has 5 nitrogen and oxygen atoms in total. The van der Waals surface area contributed by atoms with Crippen LogP contribution in [0.5, 0.6) is 5.75 Å². The number of esters is 1. The second-order valence-electron chi connectivity index (χ2n) is 6.16. The van der Waals surface area contributed by atoms with Gasteiger partial charge in [-0.3, -0.25) is 4.90 Å². The van der Waals surface area contributed by atoms with Crippen LogP contribution in [0.3, 0.4) is 0 Å². The smallest absolute Gasteiger partial charge is 0.344 e. The summed E-state index contributed by atoms with van der Waals surface area (Å²) in [6.07, 6.45) is 0. The van der Waals surface area contributed by atoms with Crippen LogP contribution in [-0.2, 0) is 14.3 Å². The van der Waals surface area contributed by atoms with Crippen LogP contribution in [0.4, 0.5) is 0 Å². The second kappa shape index (κ2) is 10.5. The van der Waals surface area contributed by atoms with Crippen molar-refractivity contribution in [2.75, 3.05) is 46.1 Å². The zero-order chi connectivity index (χ0) is 16.7. The summed E-state index contributed by atoms with van der Waals surface area (Å²) in [5, 5.41) is 0. The molecule has 0 amide bonds. The molecule has 1 saturated heterocycles. The van der Waals surface area contributed by atoms with Crippen LogP contribution in [0.1, 0.15) is 30.9 Å². The lowest BCUT2D eigenvalue weighted by atomic mass is 10.0. The quantitative estimate of drug-likeness (QED) is 0.702. The van der Waals surface area contributed by atoms with Gasteiger partial charge >= 0.3 is 5.97 Å². The Balaban J connectivity index is 0.00000288. The minimum atomic E-state index is -0.325. The van der Waals surface area contributed by atoms with Gasteiger partial charge in [-0.2, -0.15) is 0 Å². The van der Waals surface area contributed by atoms with Crippen molar-refractivity contribution in [1.29, 1.82) is 0 Å². The van der Waals surface area contributed by atoms with Crippen molar-refractivity contribution in [2.45, 2.75) is 26.7 Å². The molecular formula is C18H28ClNO4. The summed E-state index contributed by atoms with van der Waals surface area (Å²) in [6, 6.07) is 6.08. The van der Waals surface area contributed by atoms with Crippen LogP contribution >= 0.6 is 12.4 Å². The molecule has 0 spiro atoms. The van der Waals surface area contributed by atoms with Gasteiger partial charge in [0.1, 0.15) is 12.4 Å². The highest BCUT2D eigenvalue weighted by Crippen LogP contribution is 2.27. The van der Waals surface area contributed by atoms with Gasteiger partial charge in [0.25, 0.3) is 0 Å². The van der Waals surface area contributed by atoms with E-state index in [-0.39, 0.29) is 25.0 Å². The molecule has 0 atom stereocenters. The molecule has 0 aromatic heterocycles. The van der Waals surface area contributed by atoms with E-state index < -0.39 is 0 Å². The minimum absolute atomic E-state index is 0. The van der Waals surface area contributed by atoms with E-state index in [0.29, 0.717) is 12.5 Å². The SMILES string of the molecule is Cc1ccc(C(C)C)c(OCC(=O)OCCN2CCOCC2)c1.Cl. The van der Waals surface area contributed by atoms with E-state index in [0.717, 1.165) is 49.7 Å². The number of halogens is 1. The van der Waals surface area contributed by atoms with Gasteiger partial charge in [0.2, 0.25) is 0 Å². The molecule has 2 rings (SSSR count). The number of carbonyl (C=O) groups excluding carboxylic acids is 1. The Bertz CT molecular complexity index is 516. The predicted molar refractivity (Wildman–Crippen MR) is 96.2 cm³/mol. The van der Waals surface area contributed by atoms with Crippen molar-refractivity contribution in [3.05, 3.63) is 29.3 Å². The summed E-state index contributed by atoms with van der Waals surface area (Å²) in [7, 11) is 0. The molecule has 1 aromatic carbocycles. The van der Waals surface area contributed by atoms with E-state index in [1.165, 1.54) is 0 Å². The summed E-state index contributed by atoms with van der Waals surface area (Å²) in [5.41, 5.74) is 2.22. The molecule has 0 aliphatic carbocycles. The van der Waals surface area contributed by atoms with Crippen molar-refractivity contribution >= 4 is 18.4 Å². The van der Waals surface area contributed by atoms with Gasteiger partial charge in [0.15, 0.2) is 6.61 Å². The second-order valence-corrected chi connectivity index (χ2v) is 6.16. The van der Waals surface area contributed by atoms with Crippen LogP contribution in [0, 0.1) is 6.92 Å². The average Bonchev–Trinajstić information content (AvgIpc) is 2.53. The summed E-state index contributed by atoms with van der Waals surface area (Å²) < 4.78 is 16.2. The van der Waals surface area contributed by atoms with Crippen LogP contribution in [0.15, 0.2) is 18.2 Å². The molecule has 1 fully saturated rings. The van der Waals surface area contributed by atoms with E-state index in [9.17, 15) is 4.79 Å². The Hall–Kier alpha value is -1.30. The third-order valence-electron chi connectivity index (χ3n) is 3.91. The van der Waals surface area contributed by atoms with Gasteiger partial charge in [-0.15, -0.1) is 12.4 Å².